The number of aromatic amines is 1. The van der Waals surface area contributed by atoms with Crippen molar-refractivity contribution in [2.45, 2.75) is 20.0 Å². The highest BCUT2D eigenvalue weighted by Gasteiger charge is 2.27. The lowest BCUT2D eigenvalue weighted by Crippen LogP contribution is -2.33. The van der Waals surface area contributed by atoms with Crippen LogP contribution in [0.15, 0.2) is 18.2 Å². The molecule has 2 aromatic rings. The van der Waals surface area contributed by atoms with Gasteiger partial charge in [-0.15, -0.1) is 0 Å². The zero-order valence-corrected chi connectivity index (χ0v) is 10.5. The molecule has 1 aromatic carbocycles. The Bertz CT molecular complexity index is 629. The molecule has 2 rings (SSSR count). The van der Waals surface area contributed by atoms with E-state index in [0.717, 1.165) is 22.2 Å². The molecule has 0 aliphatic rings. The molecule has 102 valence electrons. The molecule has 0 aliphatic carbocycles. The van der Waals surface area contributed by atoms with Gasteiger partial charge in [-0.05, 0) is 37.6 Å². The predicted molar refractivity (Wildman–Crippen MR) is 66.2 cm³/mol. The van der Waals surface area contributed by atoms with Crippen LogP contribution in [0, 0.1) is 13.8 Å². The number of carbonyl (C=O) groups is 1. The molecule has 1 aromatic heterocycles. The van der Waals surface area contributed by atoms with E-state index in [1.165, 1.54) is 6.07 Å². The maximum Gasteiger partial charge on any atom is 0.405 e. The number of amides is 1. The number of hydrogen-bond acceptors (Lipinski definition) is 1. The Labute approximate surface area is 107 Å². The molecule has 0 saturated heterocycles. The van der Waals surface area contributed by atoms with Crippen LogP contribution in [0.5, 0.6) is 0 Å². The first-order chi connectivity index (χ1) is 8.78. The van der Waals surface area contributed by atoms with Gasteiger partial charge in [0.25, 0.3) is 5.91 Å². The Hall–Kier alpha value is -1.98. The minimum Gasteiger partial charge on any atom is -0.358 e. The fourth-order valence-corrected chi connectivity index (χ4v) is 1.89. The fourth-order valence-electron chi connectivity index (χ4n) is 1.89. The lowest BCUT2D eigenvalue weighted by molar-refractivity contribution is -0.123. The van der Waals surface area contributed by atoms with Gasteiger partial charge in [0.1, 0.15) is 6.54 Å². The summed E-state index contributed by atoms with van der Waals surface area (Å²) >= 11 is 0. The summed E-state index contributed by atoms with van der Waals surface area (Å²) in [6, 6.07) is 4.79. The minimum atomic E-state index is -4.40. The zero-order valence-electron chi connectivity index (χ0n) is 10.5. The molecule has 6 heteroatoms. The summed E-state index contributed by atoms with van der Waals surface area (Å²) in [6.07, 6.45) is -4.40. The van der Waals surface area contributed by atoms with E-state index in [4.69, 9.17) is 0 Å². The topological polar surface area (TPSA) is 44.9 Å². The van der Waals surface area contributed by atoms with Crippen LogP contribution in [0.4, 0.5) is 13.2 Å². The van der Waals surface area contributed by atoms with E-state index in [1.54, 1.807) is 12.1 Å². The molecule has 0 bridgehead atoms. The summed E-state index contributed by atoms with van der Waals surface area (Å²) in [4.78, 5) is 14.8. The van der Waals surface area contributed by atoms with E-state index in [1.807, 2.05) is 19.2 Å². The molecule has 19 heavy (non-hydrogen) atoms. The smallest absolute Gasteiger partial charge is 0.358 e. The summed E-state index contributed by atoms with van der Waals surface area (Å²) in [7, 11) is 0. The highest BCUT2D eigenvalue weighted by atomic mass is 19.4. The molecule has 0 unspecified atom stereocenters. The molecule has 0 saturated carbocycles. The van der Waals surface area contributed by atoms with Crippen molar-refractivity contribution in [3.8, 4) is 0 Å². The first-order valence-corrected chi connectivity index (χ1v) is 5.72. The van der Waals surface area contributed by atoms with Crippen molar-refractivity contribution in [3.63, 3.8) is 0 Å². The number of nitrogens with one attached hydrogen (secondary N) is 2. The number of aryl methyl sites for hydroxylation is 2. The molecule has 0 spiro atoms. The fraction of sp³-hybridized carbons (Fsp3) is 0.308. The minimum absolute atomic E-state index is 0.221. The Kier molecular flexibility index (Phi) is 3.26. The van der Waals surface area contributed by atoms with E-state index in [0.29, 0.717) is 0 Å². The molecular weight excluding hydrogens is 257 g/mol. The van der Waals surface area contributed by atoms with Crippen LogP contribution < -0.4 is 5.32 Å². The van der Waals surface area contributed by atoms with Gasteiger partial charge >= 0.3 is 6.18 Å². The summed E-state index contributed by atoms with van der Waals surface area (Å²) in [6.45, 7) is 2.47. The number of hydrogen-bond donors (Lipinski definition) is 2. The Morgan fingerprint density at radius 2 is 2.00 bits per heavy atom. The number of fused-ring (bicyclic) bond motifs is 1. The van der Waals surface area contributed by atoms with Crippen molar-refractivity contribution in [1.82, 2.24) is 10.3 Å². The molecule has 2 N–H and O–H groups in total. The van der Waals surface area contributed by atoms with Crippen molar-refractivity contribution < 1.29 is 18.0 Å². The van der Waals surface area contributed by atoms with Crippen LogP contribution in [0.25, 0.3) is 10.9 Å². The number of alkyl halides is 3. The van der Waals surface area contributed by atoms with Crippen molar-refractivity contribution in [3.05, 3.63) is 35.0 Å². The Morgan fingerprint density at radius 1 is 1.32 bits per heavy atom. The first kappa shape index (κ1) is 13.5. The number of carbonyl (C=O) groups excluding carboxylic acids is 1. The molecule has 0 fully saturated rings. The zero-order chi connectivity index (χ0) is 14.2. The van der Waals surface area contributed by atoms with Crippen molar-refractivity contribution in [2.75, 3.05) is 6.54 Å². The van der Waals surface area contributed by atoms with Crippen LogP contribution in [0.3, 0.4) is 0 Å². The third-order valence-electron chi connectivity index (χ3n) is 3.02. The monoisotopic (exact) mass is 270 g/mol. The van der Waals surface area contributed by atoms with Gasteiger partial charge in [0.2, 0.25) is 0 Å². The Balaban J connectivity index is 2.25. The molecule has 1 heterocycles. The highest BCUT2D eigenvalue weighted by molar-refractivity contribution is 5.99. The molecule has 0 radical (unpaired) electrons. The van der Waals surface area contributed by atoms with Gasteiger partial charge in [0, 0.05) is 22.2 Å². The lowest BCUT2D eigenvalue weighted by Gasteiger charge is -2.08. The average Bonchev–Trinajstić information content (AvgIpc) is 2.61. The van der Waals surface area contributed by atoms with E-state index in [2.05, 4.69) is 4.98 Å². The SMILES string of the molecule is Cc1[nH]c2ccc(C(=O)NCC(F)(F)F)cc2c1C. The second-order valence-electron chi connectivity index (χ2n) is 4.43. The standard InChI is InChI=1S/C13H13F3N2O/c1-7-8(2)18-11-4-3-9(5-10(7)11)12(19)17-6-13(14,15)16/h3-5,18H,6H2,1-2H3,(H,17,19). The average molecular weight is 270 g/mol. The number of rotatable bonds is 2. The normalized spacial score (nSPS) is 11.8. The number of halogens is 3. The second-order valence-corrected chi connectivity index (χ2v) is 4.43. The van der Waals surface area contributed by atoms with Gasteiger partial charge in [0.15, 0.2) is 0 Å². The van der Waals surface area contributed by atoms with Crippen LogP contribution in [0.2, 0.25) is 0 Å². The van der Waals surface area contributed by atoms with Gasteiger partial charge in [-0.25, -0.2) is 0 Å². The maximum absolute atomic E-state index is 12.0. The van der Waals surface area contributed by atoms with Gasteiger partial charge in [-0.1, -0.05) is 0 Å². The van der Waals surface area contributed by atoms with Crippen molar-refractivity contribution >= 4 is 16.8 Å². The maximum atomic E-state index is 12.0. The number of benzene rings is 1. The summed E-state index contributed by atoms with van der Waals surface area (Å²) < 4.78 is 36.1. The Morgan fingerprint density at radius 3 is 2.63 bits per heavy atom. The summed E-state index contributed by atoms with van der Waals surface area (Å²) in [5.41, 5.74) is 3.05. The molecule has 3 nitrogen and oxygen atoms in total. The van der Waals surface area contributed by atoms with Crippen LogP contribution >= 0.6 is 0 Å². The molecule has 1 amide bonds. The number of aromatic nitrogens is 1. The number of H-pyrrole nitrogens is 1. The summed E-state index contributed by atoms with van der Waals surface area (Å²) in [5.74, 6) is -0.725. The van der Waals surface area contributed by atoms with E-state index in [9.17, 15) is 18.0 Å². The van der Waals surface area contributed by atoms with Gasteiger partial charge in [-0.3, -0.25) is 4.79 Å². The third kappa shape index (κ3) is 2.89. The second kappa shape index (κ2) is 4.60. The highest BCUT2D eigenvalue weighted by Crippen LogP contribution is 2.22. The lowest BCUT2D eigenvalue weighted by atomic mass is 10.1. The van der Waals surface area contributed by atoms with E-state index in [-0.39, 0.29) is 5.56 Å². The van der Waals surface area contributed by atoms with Crippen molar-refractivity contribution in [1.29, 1.82) is 0 Å². The predicted octanol–water partition coefficient (Wildman–Crippen LogP) is 3.08. The quantitative estimate of drug-likeness (QED) is 0.865. The van der Waals surface area contributed by atoms with Crippen LogP contribution in [0.1, 0.15) is 21.6 Å². The van der Waals surface area contributed by atoms with Crippen molar-refractivity contribution in [2.24, 2.45) is 0 Å². The van der Waals surface area contributed by atoms with E-state index >= 15 is 0 Å². The van der Waals surface area contributed by atoms with Gasteiger partial charge in [0.05, 0.1) is 0 Å². The van der Waals surface area contributed by atoms with Crippen LogP contribution in [-0.2, 0) is 0 Å². The molecule has 0 aliphatic heterocycles. The van der Waals surface area contributed by atoms with Crippen LogP contribution in [-0.4, -0.2) is 23.6 Å². The first-order valence-electron chi connectivity index (χ1n) is 5.72. The van der Waals surface area contributed by atoms with Gasteiger partial charge < -0.3 is 10.3 Å². The third-order valence-corrected chi connectivity index (χ3v) is 3.02. The van der Waals surface area contributed by atoms with E-state index < -0.39 is 18.6 Å². The van der Waals surface area contributed by atoms with Gasteiger partial charge in [-0.2, -0.15) is 13.2 Å². The largest absolute Gasteiger partial charge is 0.405 e. The molecule has 0 atom stereocenters. The summed E-state index contributed by atoms with van der Waals surface area (Å²) in [5, 5.41) is 2.70. The molecular formula is C13H13F3N2O.